The first kappa shape index (κ1) is 25.8. The van der Waals surface area contributed by atoms with E-state index < -0.39 is 41.7 Å². The number of carbonyl (C=O) groups excluding carboxylic acids is 2. The molecule has 192 valence electrons. The van der Waals surface area contributed by atoms with Gasteiger partial charge in [0.05, 0.1) is 12.0 Å². The van der Waals surface area contributed by atoms with Crippen LogP contribution in [0.5, 0.6) is 0 Å². The number of fused-ring (bicyclic) bond motifs is 1. The number of nitrogens with zero attached hydrogens (tertiary/aromatic N) is 1. The van der Waals surface area contributed by atoms with Gasteiger partial charge in [0.15, 0.2) is 23.2 Å². The summed E-state index contributed by atoms with van der Waals surface area (Å²) >= 11 is 0. The molecule has 0 aromatic carbocycles. The second kappa shape index (κ2) is 8.39. The largest absolute Gasteiger partial charge is 0.450 e. The highest BCUT2D eigenvalue weighted by Crippen LogP contribution is 2.60. The molecular weight excluding hydrogens is 450 g/mol. The normalized spacial score (nSPS) is 38.6. The average molecular weight is 488 g/mol. The fraction of sp³-hybridized carbons (Fsp3) is 0.667. The number of esters is 1. The van der Waals surface area contributed by atoms with E-state index in [1.165, 1.54) is 0 Å². The SMILES string of the molecule is CC1=C[C@]23C(=O)[C@@H](C=C(CO)[C@@H](O)[C@]2(O)[C@H]1OC(=O)c1noc(C)c1C)[C@@H](C)C(C)(C)CC[C@H]3C. The molecular formula is C27H37NO7. The minimum absolute atomic E-state index is 0.0221. The number of aliphatic hydroxyl groups excluding tert-OH is 2. The Bertz CT molecular complexity index is 1110. The lowest BCUT2D eigenvalue weighted by Gasteiger charge is -2.51. The Balaban J connectivity index is 1.89. The van der Waals surface area contributed by atoms with E-state index in [9.17, 15) is 24.9 Å². The lowest BCUT2D eigenvalue weighted by Crippen LogP contribution is -2.66. The number of hydrogen-bond donors (Lipinski definition) is 3. The lowest BCUT2D eigenvalue weighted by atomic mass is 9.54. The third-order valence-corrected chi connectivity index (χ3v) is 9.33. The summed E-state index contributed by atoms with van der Waals surface area (Å²) in [6.07, 6.45) is 1.83. The van der Waals surface area contributed by atoms with Crippen LogP contribution in [0.4, 0.5) is 0 Å². The van der Waals surface area contributed by atoms with Gasteiger partial charge in [0.2, 0.25) is 0 Å². The molecule has 35 heavy (non-hydrogen) atoms. The monoisotopic (exact) mass is 487 g/mol. The number of carbonyl (C=O) groups is 2. The highest BCUT2D eigenvalue weighted by molar-refractivity contribution is 5.95. The Morgan fingerprint density at radius 1 is 1.26 bits per heavy atom. The van der Waals surface area contributed by atoms with Crippen LogP contribution in [0.15, 0.2) is 27.8 Å². The van der Waals surface area contributed by atoms with Crippen LogP contribution in [0.25, 0.3) is 0 Å². The van der Waals surface area contributed by atoms with Gasteiger partial charge in [-0.3, -0.25) is 4.79 Å². The summed E-state index contributed by atoms with van der Waals surface area (Å²) < 4.78 is 10.9. The van der Waals surface area contributed by atoms with Gasteiger partial charge in [0.25, 0.3) is 0 Å². The summed E-state index contributed by atoms with van der Waals surface area (Å²) in [6.45, 7) is 12.7. The second-order valence-electron chi connectivity index (χ2n) is 11.5. The number of rotatable bonds is 3. The zero-order chi connectivity index (χ0) is 26.1. The van der Waals surface area contributed by atoms with Crippen molar-refractivity contribution in [2.75, 3.05) is 6.61 Å². The summed E-state index contributed by atoms with van der Waals surface area (Å²) in [5, 5.41) is 38.0. The highest BCUT2D eigenvalue weighted by atomic mass is 16.6. The van der Waals surface area contributed by atoms with Gasteiger partial charge in [0.1, 0.15) is 11.9 Å². The maximum atomic E-state index is 14.4. The van der Waals surface area contributed by atoms with Crippen LogP contribution in [-0.2, 0) is 9.53 Å². The van der Waals surface area contributed by atoms with Crippen LogP contribution >= 0.6 is 0 Å². The standard InChI is InChI=1S/C27H37NO7/c1-13-11-26-14(2)8-9-25(6,7)16(4)19(22(26)31)10-18(12-29)21(30)27(26,33)23(13)34-24(32)20-15(3)17(5)35-28-20/h10-11,14,16,19,21,23,29-30,33H,8-9,12H2,1-7H3/t14-,16-,19+,21-,23+,26+,27+/m1/s1. The van der Waals surface area contributed by atoms with Gasteiger partial charge >= 0.3 is 5.97 Å². The first-order chi connectivity index (χ1) is 16.2. The van der Waals surface area contributed by atoms with Crippen molar-refractivity contribution in [3.8, 4) is 0 Å². The fourth-order valence-electron chi connectivity index (χ4n) is 6.48. The lowest BCUT2D eigenvalue weighted by molar-refractivity contribution is -0.194. The molecule has 1 heterocycles. The number of allylic oxidation sites excluding steroid dienone is 1. The van der Waals surface area contributed by atoms with Crippen molar-refractivity contribution in [1.29, 1.82) is 0 Å². The van der Waals surface area contributed by atoms with Crippen molar-refractivity contribution in [1.82, 2.24) is 5.16 Å². The van der Waals surface area contributed by atoms with Gasteiger partial charge in [-0.25, -0.2) is 4.79 Å². The molecule has 1 aromatic heterocycles. The minimum atomic E-state index is -2.19. The number of aromatic nitrogens is 1. The third-order valence-electron chi connectivity index (χ3n) is 9.33. The molecule has 1 spiro atoms. The summed E-state index contributed by atoms with van der Waals surface area (Å²) in [4.78, 5) is 27.5. The van der Waals surface area contributed by atoms with Gasteiger partial charge in [-0.1, -0.05) is 45.0 Å². The van der Waals surface area contributed by atoms with E-state index in [0.29, 0.717) is 23.3 Å². The van der Waals surface area contributed by atoms with E-state index >= 15 is 0 Å². The van der Waals surface area contributed by atoms with Crippen molar-refractivity contribution in [2.24, 2.45) is 28.6 Å². The molecule has 8 heteroatoms. The second-order valence-corrected chi connectivity index (χ2v) is 11.5. The van der Waals surface area contributed by atoms with Gasteiger partial charge in [-0.05, 0) is 62.0 Å². The van der Waals surface area contributed by atoms with Crippen molar-refractivity contribution in [2.45, 2.75) is 79.1 Å². The molecule has 1 fully saturated rings. The maximum absolute atomic E-state index is 14.4. The first-order valence-corrected chi connectivity index (χ1v) is 12.3. The van der Waals surface area contributed by atoms with E-state index in [0.717, 1.165) is 6.42 Å². The van der Waals surface area contributed by atoms with Crippen molar-refractivity contribution in [3.63, 3.8) is 0 Å². The van der Waals surface area contributed by atoms with Gasteiger partial charge in [-0.15, -0.1) is 0 Å². The molecule has 8 nitrogen and oxygen atoms in total. The summed E-state index contributed by atoms with van der Waals surface area (Å²) in [5.74, 6) is -1.66. The van der Waals surface area contributed by atoms with E-state index in [1.54, 1.807) is 32.9 Å². The first-order valence-electron chi connectivity index (χ1n) is 12.3. The van der Waals surface area contributed by atoms with Crippen LogP contribution in [-0.4, -0.2) is 56.6 Å². The Labute approximate surface area is 206 Å². The Kier molecular flexibility index (Phi) is 6.18. The Morgan fingerprint density at radius 2 is 1.91 bits per heavy atom. The predicted octanol–water partition coefficient (Wildman–Crippen LogP) is 3.06. The van der Waals surface area contributed by atoms with Crippen molar-refractivity contribution in [3.05, 3.63) is 40.3 Å². The molecule has 3 aliphatic rings. The summed E-state index contributed by atoms with van der Waals surface area (Å²) in [6, 6.07) is 0. The van der Waals surface area contributed by atoms with Crippen molar-refractivity contribution < 1.29 is 34.2 Å². The molecule has 0 saturated heterocycles. The molecule has 3 N–H and O–H groups in total. The maximum Gasteiger partial charge on any atom is 0.361 e. The number of ketones is 1. The molecule has 4 rings (SSSR count). The van der Waals surface area contributed by atoms with Crippen LogP contribution in [0.3, 0.4) is 0 Å². The number of Topliss-reactive ketones (excluding diaryl/α,β-unsaturated/α-hetero) is 1. The topological polar surface area (TPSA) is 130 Å². The molecule has 0 unspecified atom stereocenters. The predicted molar refractivity (Wildman–Crippen MR) is 127 cm³/mol. The molecule has 0 amide bonds. The summed E-state index contributed by atoms with van der Waals surface area (Å²) in [5.41, 5.74) is -2.75. The van der Waals surface area contributed by atoms with Gasteiger partial charge in [0, 0.05) is 11.5 Å². The van der Waals surface area contributed by atoms with Crippen LogP contribution in [0.2, 0.25) is 0 Å². The van der Waals surface area contributed by atoms with Gasteiger partial charge in [-0.2, -0.15) is 0 Å². The van der Waals surface area contributed by atoms with E-state index in [-0.39, 0.29) is 34.3 Å². The highest BCUT2D eigenvalue weighted by Gasteiger charge is 2.72. The number of aryl methyl sites for hydroxylation is 1. The Morgan fingerprint density at radius 3 is 2.49 bits per heavy atom. The number of ether oxygens (including phenoxy) is 1. The fourth-order valence-corrected chi connectivity index (χ4v) is 6.48. The third kappa shape index (κ3) is 3.40. The molecule has 7 atom stereocenters. The smallest absolute Gasteiger partial charge is 0.361 e. The summed E-state index contributed by atoms with van der Waals surface area (Å²) in [7, 11) is 0. The van der Waals surface area contributed by atoms with Gasteiger partial charge < -0.3 is 24.6 Å². The zero-order valence-corrected chi connectivity index (χ0v) is 21.6. The molecule has 2 bridgehead atoms. The van der Waals surface area contributed by atoms with E-state index in [1.807, 2.05) is 13.8 Å². The molecule has 1 aromatic rings. The minimum Gasteiger partial charge on any atom is -0.450 e. The average Bonchev–Trinajstić information content (AvgIpc) is 3.24. The Hall–Kier alpha value is -2.29. The van der Waals surface area contributed by atoms with Crippen molar-refractivity contribution >= 4 is 11.8 Å². The molecule has 0 aliphatic heterocycles. The van der Waals surface area contributed by atoms with Crippen LogP contribution < -0.4 is 0 Å². The van der Waals surface area contributed by atoms with Crippen LogP contribution in [0.1, 0.15) is 69.3 Å². The van der Waals surface area contributed by atoms with E-state index in [2.05, 4.69) is 19.0 Å². The molecule has 1 saturated carbocycles. The quantitative estimate of drug-likeness (QED) is 0.438. The van der Waals surface area contributed by atoms with E-state index in [4.69, 9.17) is 9.26 Å². The molecule has 3 aliphatic carbocycles. The number of hydrogen-bond acceptors (Lipinski definition) is 8. The molecule has 0 radical (unpaired) electrons. The zero-order valence-electron chi connectivity index (χ0n) is 21.6. The van der Waals surface area contributed by atoms with Crippen LogP contribution in [0, 0.1) is 42.4 Å². The number of aliphatic hydroxyl groups is 3.